The number of aromatic nitrogens is 2. The number of nitrogens with one attached hydrogen (secondary N) is 1. The molecule has 6 rings (SSSR count). The number of carbonyl (C=O) groups is 1. The highest BCUT2D eigenvalue weighted by Gasteiger charge is 2.45. The number of rotatable bonds is 2. The highest BCUT2D eigenvalue weighted by atomic mass is 19.1. The molecule has 0 radical (unpaired) electrons. The Hall–Kier alpha value is -3.14. The number of carbonyl (C=O) groups excluding carboxylic acids is 1. The third kappa shape index (κ3) is 2.47. The highest BCUT2D eigenvalue weighted by Crippen LogP contribution is 2.45. The molecule has 2 atom stereocenters. The van der Waals surface area contributed by atoms with E-state index < -0.39 is 11.6 Å². The maximum atomic E-state index is 14.7. The summed E-state index contributed by atoms with van der Waals surface area (Å²) in [4.78, 5) is 30.6. The summed E-state index contributed by atoms with van der Waals surface area (Å²) < 4.78 is 21.5. The summed E-state index contributed by atoms with van der Waals surface area (Å²) >= 11 is 0. The first-order valence-corrected chi connectivity index (χ1v) is 11.1. The van der Waals surface area contributed by atoms with Crippen LogP contribution >= 0.6 is 0 Å². The summed E-state index contributed by atoms with van der Waals surface area (Å²) in [5.74, 6) is 4.81. The molecule has 0 fully saturated rings. The van der Waals surface area contributed by atoms with Crippen molar-refractivity contribution in [2.24, 2.45) is 5.84 Å². The van der Waals surface area contributed by atoms with Gasteiger partial charge in [0.05, 0.1) is 29.0 Å². The molecule has 4 N–H and O–H groups in total. The average Bonchev–Trinajstić information content (AvgIpc) is 3.18. The van der Waals surface area contributed by atoms with Gasteiger partial charge in [-0.15, -0.1) is 0 Å². The normalized spacial score (nSPS) is 22.7. The minimum Gasteiger partial charge on any atom is -0.458 e. The summed E-state index contributed by atoms with van der Waals surface area (Å²) in [6.45, 7) is 3.53. The van der Waals surface area contributed by atoms with Crippen molar-refractivity contribution < 1.29 is 19.0 Å². The minimum atomic E-state index is -1.89. The first kappa shape index (κ1) is 20.5. The number of aliphatic hydroxyl groups is 1. The fraction of sp³-hybridized carbons (Fsp3) is 0.375. The van der Waals surface area contributed by atoms with Crippen LogP contribution in [-0.4, -0.2) is 20.6 Å². The van der Waals surface area contributed by atoms with Crippen LogP contribution in [-0.2, 0) is 34.7 Å². The molecule has 4 heterocycles. The maximum absolute atomic E-state index is 14.7. The smallest absolute Gasteiger partial charge is 0.343 e. The lowest BCUT2D eigenvalue weighted by Crippen LogP contribution is -2.44. The fourth-order valence-electron chi connectivity index (χ4n) is 5.72. The van der Waals surface area contributed by atoms with Crippen LogP contribution < -0.4 is 16.8 Å². The number of halogens is 1. The van der Waals surface area contributed by atoms with Crippen LogP contribution in [0.25, 0.3) is 22.3 Å². The Morgan fingerprint density at radius 3 is 2.85 bits per heavy atom. The van der Waals surface area contributed by atoms with E-state index in [4.69, 9.17) is 15.6 Å². The number of cyclic esters (lactones) is 1. The second-order valence-corrected chi connectivity index (χ2v) is 9.07. The van der Waals surface area contributed by atoms with Crippen LogP contribution in [0, 0.1) is 12.7 Å². The van der Waals surface area contributed by atoms with Gasteiger partial charge < -0.3 is 14.4 Å². The number of esters is 1. The van der Waals surface area contributed by atoms with Crippen LogP contribution in [0.3, 0.4) is 0 Å². The molecule has 0 bridgehead atoms. The summed E-state index contributed by atoms with van der Waals surface area (Å²) in [6.07, 6.45) is 1.43. The Morgan fingerprint density at radius 2 is 2.12 bits per heavy atom. The summed E-state index contributed by atoms with van der Waals surface area (Å²) in [6, 6.07) is 2.92. The van der Waals surface area contributed by atoms with Crippen molar-refractivity contribution in [2.45, 2.75) is 57.9 Å². The van der Waals surface area contributed by atoms with Gasteiger partial charge in [0.2, 0.25) is 0 Å². The number of aryl methyl sites for hydroxylation is 1. The predicted octanol–water partition coefficient (Wildman–Crippen LogP) is 1.98. The number of hydrazine groups is 1. The third-order valence-corrected chi connectivity index (χ3v) is 7.58. The number of benzene rings is 1. The third-order valence-electron chi connectivity index (χ3n) is 7.58. The van der Waals surface area contributed by atoms with E-state index in [1.807, 2.05) is 0 Å². The van der Waals surface area contributed by atoms with Gasteiger partial charge in [-0.3, -0.25) is 16.1 Å². The number of fused-ring (bicyclic) bond motifs is 5. The van der Waals surface area contributed by atoms with Crippen molar-refractivity contribution in [3.63, 3.8) is 0 Å². The van der Waals surface area contributed by atoms with E-state index in [-0.39, 0.29) is 48.1 Å². The van der Waals surface area contributed by atoms with Gasteiger partial charge in [0.1, 0.15) is 12.4 Å². The van der Waals surface area contributed by atoms with Gasteiger partial charge in [-0.25, -0.2) is 14.2 Å². The van der Waals surface area contributed by atoms with Crippen molar-refractivity contribution in [3.8, 4) is 11.4 Å². The number of pyridine rings is 2. The van der Waals surface area contributed by atoms with E-state index in [2.05, 4.69) is 5.43 Å². The Bertz CT molecular complexity index is 1460. The Labute approximate surface area is 188 Å². The summed E-state index contributed by atoms with van der Waals surface area (Å²) in [7, 11) is 0. The zero-order valence-electron chi connectivity index (χ0n) is 18.3. The second-order valence-electron chi connectivity index (χ2n) is 9.07. The summed E-state index contributed by atoms with van der Waals surface area (Å²) in [5.41, 5.74) is 6.04. The van der Waals surface area contributed by atoms with Crippen LogP contribution in [0.1, 0.15) is 59.2 Å². The van der Waals surface area contributed by atoms with Gasteiger partial charge in [-0.2, -0.15) is 0 Å². The highest BCUT2D eigenvalue weighted by molar-refractivity contribution is 5.93. The van der Waals surface area contributed by atoms with Gasteiger partial charge in [0, 0.05) is 28.6 Å². The molecular formula is C24H23FN4O4. The van der Waals surface area contributed by atoms with Crippen LogP contribution in [0.5, 0.6) is 0 Å². The van der Waals surface area contributed by atoms with Gasteiger partial charge in [0.25, 0.3) is 5.56 Å². The molecular weight excluding hydrogens is 427 g/mol. The van der Waals surface area contributed by atoms with E-state index in [0.717, 1.165) is 22.1 Å². The van der Waals surface area contributed by atoms with E-state index >= 15 is 0 Å². The molecule has 9 heteroatoms. The van der Waals surface area contributed by atoms with Gasteiger partial charge >= 0.3 is 5.97 Å². The standard InChI is InChI=1S/C24H23FN4O4/c1-3-24(32)14-6-18-21-12(8-29(18)22(30)13(14)9-33-23(24)31)20-16(28-26)5-4-11-10(2)15(25)7-17(27-21)19(11)20/h6-7,16,28,32H,3-5,8-9,26H2,1-2H3. The number of ether oxygens (including phenoxy) is 1. The van der Waals surface area contributed by atoms with Gasteiger partial charge in [-0.1, -0.05) is 6.92 Å². The first-order valence-electron chi connectivity index (χ1n) is 11.1. The molecule has 2 aliphatic heterocycles. The molecule has 1 aliphatic carbocycles. The zero-order valence-corrected chi connectivity index (χ0v) is 18.3. The topological polar surface area (TPSA) is 119 Å². The molecule has 170 valence electrons. The molecule has 3 aromatic rings. The van der Waals surface area contributed by atoms with Gasteiger partial charge in [-0.05, 0) is 48.9 Å². The predicted molar refractivity (Wildman–Crippen MR) is 118 cm³/mol. The van der Waals surface area contributed by atoms with Crippen molar-refractivity contribution in [3.05, 3.63) is 61.7 Å². The quantitative estimate of drug-likeness (QED) is 0.243. The van der Waals surface area contributed by atoms with Crippen molar-refractivity contribution in [1.29, 1.82) is 0 Å². The van der Waals surface area contributed by atoms with E-state index in [0.29, 0.717) is 35.3 Å². The molecule has 0 saturated heterocycles. The molecule has 0 saturated carbocycles. The molecule has 33 heavy (non-hydrogen) atoms. The minimum absolute atomic E-state index is 0.0675. The number of nitrogens with two attached hydrogens (primary N) is 1. The fourth-order valence-corrected chi connectivity index (χ4v) is 5.72. The lowest BCUT2D eigenvalue weighted by Gasteiger charge is -2.31. The van der Waals surface area contributed by atoms with E-state index in [9.17, 15) is 19.1 Å². The van der Waals surface area contributed by atoms with Gasteiger partial charge in [0.15, 0.2) is 5.60 Å². The largest absolute Gasteiger partial charge is 0.458 e. The first-order chi connectivity index (χ1) is 15.8. The van der Waals surface area contributed by atoms with Crippen molar-refractivity contribution in [1.82, 2.24) is 15.0 Å². The van der Waals surface area contributed by atoms with Crippen LogP contribution in [0.2, 0.25) is 0 Å². The average molecular weight is 450 g/mol. The molecule has 0 amide bonds. The molecule has 3 aliphatic rings. The Kier molecular flexibility index (Phi) is 4.15. The Morgan fingerprint density at radius 1 is 1.33 bits per heavy atom. The zero-order chi connectivity index (χ0) is 23.2. The number of hydrogen-bond acceptors (Lipinski definition) is 7. The molecule has 1 aromatic carbocycles. The maximum Gasteiger partial charge on any atom is 0.343 e. The lowest BCUT2D eigenvalue weighted by molar-refractivity contribution is -0.172. The monoisotopic (exact) mass is 450 g/mol. The molecule has 2 aromatic heterocycles. The second kappa shape index (κ2) is 6.69. The molecule has 2 unspecified atom stereocenters. The van der Waals surface area contributed by atoms with Crippen LogP contribution in [0.15, 0.2) is 16.9 Å². The van der Waals surface area contributed by atoms with Crippen LogP contribution in [0.4, 0.5) is 4.39 Å². The molecule has 8 nitrogen and oxygen atoms in total. The lowest BCUT2D eigenvalue weighted by atomic mass is 9.82. The Balaban J connectivity index is 1.70. The van der Waals surface area contributed by atoms with E-state index in [1.54, 1.807) is 24.5 Å². The van der Waals surface area contributed by atoms with Crippen molar-refractivity contribution >= 4 is 16.9 Å². The number of nitrogens with zero attached hydrogens (tertiary/aromatic N) is 2. The summed E-state index contributed by atoms with van der Waals surface area (Å²) in [5, 5.41) is 11.9. The SMILES string of the molecule is CCC1(O)C(=O)OCc2c1cc1n(c2=O)Cc2c-1nc1cc(F)c(C)c3c1c2C(NN)CC3. The van der Waals surface area contributed by atoms with Crippen molar-refractivity contribution in [2.75, 3.05) is 0 Å². The number of hydrogen-bond donors (Lipinski definition) is 3. The molecule has 0 spiro atoms. The van der Waals surface area contributed by atoms with E-state index in [1.165, 1.54) is 6.07 Å².